The van der Waals surface area contributed by atoms with Crippen molar-refractivity contribution < 1.29 is 9.18 Å². The summed E-state index contributed by atoms with van der Waals surface area (Å²) in [7, 11) is 4.14. The SMILES string of the molecule is CC(Cc1cccc2cc(CN(C)C)ccc12)C(=O)c1ccc(-c2ccc(F)cc2)cc1. The van der Waals surface area contributed by atoms with Gasteiger partial charge in [0, 0.05) is 18.0 Å². The third-order valence-corrected chi connectivity index (χ3v) is 5.85. The zero-order valence-corrected chi connectivity index (χ0v) is 18.8. The van der Waals surface area contributed by atoms with Crippen molar-refractivity contribution in [1.82, 2.24) is 4.90 Å². The van der Waals surface area contributed by atoms with E-state index < -0.39 is 0 Å². The molecule has 4 aromatic rings. The summed E-state index contributed by atoms with van der Waals surface area (Å²) in [5, 5.41) is 2.42. The van der Waals surface area contributed by atoms with Crippen LogP contribution in [0.5, 0.6) is 0 Å². The topological polar surface area (TPSA) is 20.3 Å². The fourth-order valence-corrected chi connectivity index (χ4v) is 4.22. The van der Waals surface area contributed by atoms with Gasteiger partial charge in [0.2, 0.25) is 0 Å². The molecule has 1 unspecified atom stereocenters. The Morgan fingerprint density at radius 1 is 0.875 bits per heavy atom. The molecule has 4 rings (SSSR count). The standard InChI is InChI=1S/C29H28FNO/c1-20(17-25-5-4-6-26-18-21(19-31(2)3)7-16-28(25)26)29(32)24-10-8-22(9-11-24)23-12-14-27(30)15-13-23/h4-16,18,20H,17,19H2,1-3H3. The summed E-state index contributed by atoms with van der Waals surface area (Å²) in [6, 6.07) is 26.9. The lowest BCUT2D eigenvalue weighted by Crippen LogP contribution is -2.14. The molecule has 1 atom stereocenters. The molecule has 0 saturated heterocycles. The molecule has 162 valence electrons. The Bertz CT molecular complexity index is 1230. The van der Waals surface area contributed by atoms with Gasteiger partial charge in [-0.25, -0.2) is 4.39 Å². The van der Waals surface area contributed by atoms with Crippen LogP contribution in [0, 0.1) is 11.7 Å². The van der Waals surface area contributed by atoms with Crippen molar-refractivity contribution in [3.8, 4) is 11.1 Å². The Morgan fingerprint density at radius 3 is 2.19 bits per heavy atom. The van der Waals surface area contributed by atoms with Crippen LogP contribution in [0.3, 0.4) is 0 Å². The number of nitrogens with zero attached hydrogens (tertiary/aromatic N) is 1. The van der Waals surface area contributed by atoms with E-state index in [2.05, 4.69) is 55.4 Å². The molecule has 0 N–H and O–H groups in total. The normalized spacial score (nSPS) is 12.3. The lowest BCUT2D eigenvalue weighted by molar-refractivity contribution is 0.0929. The molecule has 0 fully saturated rings. The summed E-state index contributed by atoms with van der Waals surface area (Å²) in [6.07, 6.45) is 0.697. The van der Waals surface area contributed by atoms with Crippen LogP contribution >= 0.6 is 0 Å². The molecule has 0 spiro atoms. The molecule has 0 heterocycles. The number of fused-ring (bicyclic) bond motifs is 1. The average Bonchev–Trinajstić information content (AvgIpc) is 2.79. The zero-order chi connectivity index (χ0) is 22.7. The summed E-state index contributed by atoms with van der Waals surface area (Å²) in [4.78, 5) is 15.3. The van der Waals surface area contributed by atoms with Gasteiger partial charge in [-0.05, 0) is 71.7 Å². The predicted octanol–water partition coefficient (Wildman–Crippen LogP) is 6.77. The number of carbonyl (C=O) groups excluding carboxylic acids is 1. The third-order valence-electron chi connectivity index (χ3n) is 5.85. The Labute approximate surface area is 189 Å². The van der Waals surface area contributed by atoms with Crippen molar-refractivity contribution in [3.63, 3.8) is 0 Å². The number of benzene rings is 4. The molecule has 2 nitrogen and oxygen atoms in total. The molecule has 0 bridgehead atoms. The summed E-state index contributed by atoms with van der Waals surface area (Å²) >= 11 is 0. The maximum atomic E-state index is 13.2. The minimum atomic E-state index is -0.253. The fourth-order valence-electron chi connectivity index (χ4n) is 4.22. The number of hydrogen-bond acceptors (Lipinski definition) is 2. The molecule has 4 aromatic carbocycles. The van der Waals surface area contributed by atoms with Crippen LogP contribution in [0.25, 0.3) is 21.9 Å². The number of halogens is 1. The van der Waals surface area contributed by atoms with Gasteiger partial charge < -0.3 is 4.90 Å². The van der Waals surface area contributed by atoms with Crippen LogP contribution in [0.15, 0.2) is 84.9 Å². The van der Waals surface area contributed by atoms with E-state index in [1.807, 2.05) is 31.2 Å². The number of carbonyl (C=O) groups is 1. The Morgan fingerprint density at radius 2 is 1.53 bits per heavy atom. The predicted molar refractivity (Wildman–Crippen MR) is 130 cm³/mol. The van der Waals surface area contributed by atoms with Crippen LogP contribution in [0.4, 0.5) is 4.39 Å². The molecule has 0 saturated carbocycles. The van der Waals surface area contributed by atoms with Crippen molar-refractivity contribution in [1.29, 1.82) is 0 Å². The number of Topliss-reactive ketones (excluding diaryl/α,β-unsaturated/α-hetero) is 1. The van der Waals surface area contributed by atoms with Gasteiger partial charge in [0.1, 0.15) is 5.82 Å². The lowest BCUT2D eigenvalue weighted by Gasteiger charge is -2.15. The van der Waals surface area contributed by atoms with E-state index in [1.165, 1.54) is 34.0 Å². The van der Waals surface area contributed by atoms with Gasteiger partial charge in [-0.2, -0.15) is 0 Å². The Hall–Kier alpha value is -3.30. The highest BCUT2D eigenvalue weighted by atomic mass is 19.1. The first kappa shape index (κ1) is 21.9. The van der Waals surface area contributed by atoms with Gasteiger partial charge in [0.05, 0.1) is 0 Å². The highest BCUT2D eigenvalue weighted by Crippen LogP contribution is 2.26. The molecule has 0 aromatic heterocycles. The van der Waals surface area contributed by atoms with Crippen LogP contribution < -0.4 is 0 Å². The van der Waals surface area contributed by atoms with Crippen molar-refractivity contribution in [2.24, 2.45) is 5.92 Å². The van der Waals surface area contributed by atoms with Crippen LogP contribution in [0.2, 0.25) is 0 Å². The van der Waals surface area contributed by atoms with Crippen LogP contribution in [0.1, 0.15) is 28.4 Å². The highest BCUT2D eigenvalue weighted by Gasteiger charge is 2.17. The molecular formula is C29H28FNO. The number of ketones is 1. The molecular weight excluding hydrogens is 397 g/mol. The molecule has 0 radical (unpaired) electrons. The van der Waals surface area contributed by atoms with Crippen molar-refractivity contribution >= 4 is 16.6 Å². The molecule has 0 aliphatic rings. The van der Waals surface area contributed by atoms with Crippen LogP contribution in [-0.2, 0) is 13.0 Å². The monoisotopic (exact) mass is 425 g/mol. The van der Waals surface area contributed by atoms with Gasteiger partial charge in [-0.1, -0.05) is 73.7 Å². The largest absolute Gasteiger partial charge is 0.305 e. The molecule has 0 aliphatic carbocycles. The van der Waals surface area contributed by atoms with E-state index in [4.69, 9.17) is 0 Å². The quantitative estimate of drug-likeness (QED) is 0.305. The van der Waals surface area contributed by atoms with Gasteiger partial charge in [-0.15, -0.1) is 0 Å². The van der Waals surface area contributed by atoms with Gasteiger partial charge >= 0.3 is 0 Å². The zero-order valence-electron chi connectivity index (χ0n) is 18.8. The van der Waals surface area contributed by atoms with Crippen molar-refractivity contribution in [2.45, 2.75) is 19.9 Å². The van der Waals surface area contributed by atoms with E-state index in [0.717, 1.165) is 17.7 Å². The maximum absolute atomic E-state index is 13.2. The Balaban J connectivity index is 1.51. The van der Waals surface area contributed by atoms with Crippen LogP contribution in [-0.4, -0.2) is 24.8 Å². The lowest BCUT2D eigenvalue weighted by atomic mass is 9.89. The minimum absolute atomic E-state index is 0.126. The fraction of sp³-hybridized carbons (Fsp3) is 0.207. The molecule has 0 amide bonds. The smallest absolute Gasteiger partial charge is 0.165 e. The van der Waals surface area contributed by atoms with E-state index in [1.54, 1.807) is 12.1 Å². The van der Waals surface area contributed by atoms with E-state index in [-0.39, 0.29) is 17.5 Å². The van der Waals surface area contributed by atoms with E-state index in [0.29, 0.717) is 12.0 Å². The van der Waals surface area contributed by atoms with Gasteiger partial charge in [0.25, 0.3) is 0 Å². The van der Waals surface area contributed by atoms with Gasteiger partial charge in [-0.3, -0.25) is 4.79 Å². The first-order valence-corrected chi connectivity index (χ1v) is 11.0. The summed E-state index contributed by atoms with van der Waals surface area (Å²) in [5.74, 6) is -0.243. The maximum Gasteiger partial charge on any atom is 0.165 e. The first-order chi connectivity index (χ1) is 15.4. The minimum Gasteiger partial charge on any atom is -0.305 e. The van der Waals surface area contributed by atoms with Crippen molar-refractivity contribution in [3.05, 3.63) is 107 Å². The average molecular weight is 426 g/mol. The summed E-state index contributed by atoms with van der Waals surface area (Å²) < 4.78 is 13.2. The molecule has 0 aliphatic heterocycles. The molecule has 3 heteroatoms. The number of hydrogen-bond donors (Lipinski definition) is 0. The third kappa shape index (κ3) is 4.95. The van der Waals surface area contributed by atoms with Crippen molar-refractivity contribution in [2.75, 3.05) is 14.1 Å². The van der Waals surface area contributed by atoms with Gasteiger partial charge in [0.15, 0.2) is 5.78 Å². The van der Waals surface area contributed by atoms with E-state index >= 15 is 0 Å². The second-order valence-corrected chi connectivity index (χ2v) is 8.76. The second kappa shape index (κ2) is 9.46. The number of rotatable bonds is 7. The second-order valence-electron chi connectivity index (χ2n) is 8.76. The first-order valence-electron chi connectivity index (χ1n) is 11.0. The van der Waals surface area contributed by atoms with E-state index in [9.17, 15) is 9.18 Å². The molecule has 32 heavy (non-hydrogen) atoms. The summed E-state index contributed by atoms with van der Waals surface area (Å²) in [5.41, 5.74) is 5.09. The Kier molecular flexibility index (Phi) is 6.48. The highest BCUT2D eigenvalue weighted by molar-refractivity contribution is 5.98. The summed E-state index contributed by atoms with van der Waals surface area (Å²) in [6.45, 7) is 2.90.